The van der Waals surface area contributed by atoms with Crippen LogP contribution in [0.25, 0.3) is 0 Å². The topological polar surface area (TPSA) is 63.0 Å². The number of benzene rings is 1. The van der Waals surface area contributed by atoms with Gasteiger partial charge in [0.05, 0.1) is 18.2 Å². The normalized spacial score (nSPS) is 10.2. The van der Waals surface area contributed by atoms with E-state index in [1.165, 1.54) is 18.9 Å². The number of thioether (sulfide) groups is 1. The third-order valence-corrected chi connectivity index (χ3v) is 4.87. The van der Waals surface area contributed by atoms with Gasteiger partial charge in [-0.25, -0.2) is 9.78 Å². The van der Waals surface area contributed by atoms with Gasteiger partial charge in [-0.3, -0.25) is 0 Å². The lowest BCUT2D eigenvalue weighted by molar-refractivity contribution is 0.0600. The lowest BCUT2D eigenvalue weighted by atomic mass is 10.1. The first-order chi connectivity index (χ1) is 11.0. The van der Waals surface area contributed by atoms with Crippen LogP contribution < -0.4 is 0 Å². The number of methoxy groups -OCH3 is 1. The van der Waals surface area contributed by atoms with Crippen LogP contribution in [-0.2, 0) is 10.5 Å². The number of ether oxygens (including phenoxy) is 1. The van der Waals surface area contributed by atoms with E-state index in [0.717, 1.165) is 27.4 Å². The summed E-state index contributed by atoms with van der Waals surface area (Å²) in [6, 6.07) is 9.52. The average molecular weight is 326 g/mol. The van der Waals surface area contributed by atoms with E-state index in [9.17, 15) is 10.1 Å². The molecule has 2 rings (SSSR count). The van der Waals surface area contributed by atoms with Gasteiger partial charge in [0, 0.05) is 11.4 Å². The zero-order valence-electron chi connectivity index (χ0n) is 13.6. The Bertz CT molecular complexity index is 777. The van der Waals surface area contributed by atoms with Crippen LogP contribution in [0.15, 0.2) is 29.3 Å². The molecule has 1 aromatic carbocycles. The maximum absolute atomic E-state index is 11.4. The maximum Gasteiger partial charge on any atom is 0.337 e. The fourth-order valence-electron chi connectivity index (χ4n) is 2.15. The molecule has 0 radical (unpaired) electrons. The zero-order valence-corrected chi connectivity index (χ0v) is 14.5. The summed E-state index contributed by atoms with van der Waals surface area (Å²) in [5, 5.41) is 10.1. The summed E-state index contributed by atoms with van der Waals surface area (Å²) in [5.74, 6) is 0.341. The lowest BCUT2D eigenvalue weighted by Gasteiger charge is -2.11. The van der Waals surface area contributed by atoms with E-state index < -0.39 is 0 Å². The first-order valence-corrected chi connectivity index (χ1v) is 8.14. The Morgan fingerprint density at radius 2 is 1.87 bits per heavy atom. The monoisotopic (exact) mass is 326 g/mol. The fourth-order valence-corrected chi connectivity index (χ4v) is 3.19. The van der Waals surface area contributed by atoms with Gasteiger partial charge < -0.3 is 4.74 Å². The average Bonchev–Trinajstić information content (AvgIpc) is 2.57. The van der Waals surface area contributed by atoms with Crippen LogP contribution in [0.1, 0.15) is 38.3 Å². The Labute approximate surface area is 140 Å². The molecule has 2 aromatic rings. The van der Waals surface area contributed by atoms with Crippen molar-refractivity contribution in [2.24, 2.45) is 0 Å². The Morgan fingerprint density at radius 3 is 2.43 bits per heavy atom. The SMILES string of the molecule is COC(=O)c1ccc(CSc2nc(C)c(C)c(C)c2C#N)cc1. The number of nitrogens with zero attached hydrogens (tertiary/aromatic N) is 2. The molecule has 5 heteroatoms. The number of carbonyl (C=O) groups is 1. The number of hydrogen-bond donors (Lipinski definition) is 0. The van der Waals surface area contributed by atoms with Crippen LogP contribution in [0.4, 0.5) is 0 Å². The van der Waals surface area contributed by atoms with Gasteiger partial charge in [-0.15, -0.1) is 11.8 Å². The van der Waals surface area contributed by atoms with E-state index in [2.05, 4.69) is 15.8 Å². The minimum absolute atomic E-state index is 0.345. The molecule has 23 heavy (non-hydrogen) atoms. The highest BCUT2D eigenvalue weighted by atomic mass is 32.2. The highest BCUT2D eigenvalue weighted by Gasteiger charge is 2.13. The number of pyridine rings is 1. The maximum atomic E-state index is 11.4. The molecular weight excluding hydrogens is 308 g/mol. The minimum atomic E-state index is -0.345. The second-order valence-electron chi connectivity index (χ2n) is 5.22. The molecular formula is C18H18N2O2S. The molecule has 0 spiro atoms. The van der Waals surface area contributed by atoms with Gasteiger partial charge in [0.1, 0.15) is 11.1 Å². The van der Waals surface area contributed by atoms with Crippen LogP contribution >= 0.6 is 11.8 Å². The molecule has 0 saturated carbocycles. The van der Waals surface area contributed by atoms with Gasteiger partial charge in [-0.05, 0) is 49.6 Å². The molecule has 0 bridgehead atoms. The van der Waals surface area contributed by atoms with Crippen LogP contribution in [0.5, 0.6) is 0 Å². The van der Waals surface area contributed by atoms with E-state index in [-0.39, 0.29) is 5.97 Å². The summed E-state index contributed by atoms with van der Waals surface area (Å²) in [5.41, 5.74) is 5.23. The first kappa shape index (κ1) is 17.0. The van der Waals surface area contributed by atoms with E-state index in [0.29, 0.717) is 16.9 Å². The molecule has 1 aromatic heterocycles. The van der Waals surface area contributed by atoms with Gasteiger partial charge in [0.15, 0.2) is 0 Å². The Balaban J connectivity index is 2.18. The van der Waals surface area contributed by atoms with Crippen molar-refractivity contribution >= 4 is 17.7 Å². The predicted octanol–water partition coefficient (Wildman–Crippen LogP) is 3.96. The number of aryl methyl sites for hydroxylation is 1. The Morgan fingerprint density at radius 1 is 1.22 bits per heavy atom. The molecule has 1 heterocycles. The second-order valence-corrected chi connectivity index (χ2v) is 6.18. The molecule has 0 atom stereocenters. The van der Waals surface area contributed by atoms with Crippen LogP contribution in [0.3, 0.4) is 0 Å². The van der Waals surface area contributed by atoms with Gasteiger partial charge in [0.2, 0.25) is 0 Å². The molecule has 0 amide bonds. The van der Waals surface area contributed by atoms with E-state index >= 15 is 0 Å². The highest BCUT2D eigenvalue weighted by Crippen LogP contribution is 2.28. The van der Waals surface area contributed by atoms with Crippen LogP contribution in [-0.4, -0.2) is 18.1 Å². The van der Waals surface area contributed by atoms with E-state index in [4.69, 9.17) is 0 Å². The van der Waals surface area contributed by atoms with Crippen molar-refractivity contribution in [1.29, 1.82) is 5.26 Å². The molecule has 0 N–H and O–H groups in total. The molecule has 4 nitrogen and oxygen atoms in total. The van der Waals surface area contributed by atoms with Crippen molar-refractivity contribution < 1.29 is 9.53 Å². The smallest absolute Gasteiger partial charge is 0.337 e. The molecule has 0 saturated heterocycles. The quantitative estimate of drug-likeness (QED) is 0.628. The minimum Gasteiger partial charge on any atom is -0.465 e. The van der Waals surface area contributed by atoms with Gasteiger partial charge in [0.25, 0.3) is 0 Å². The van der Waals surface area contributed by atoms with Crippen LogP contribution in [0, 0.1) is 32.1 Å². The largest absolute Gasteiger partial charge is 0.465 e. The summed E-state index contributed by atoms with van der Waals surface area (Å²) < 4.78 is 4.68. The molecule has 0 aliphatic carbocycles. The Hall–Kier alpha value is -2.32. The summed E-state index contributed by atoms with van der Waals surface area (Å²) >= 11 is 1.53. The molecule has 118 valence electrons. The van der Waals surface area contributed by atoms with E-state index in [1.54, 1.807) is 12.1 Å². The molecule has 0 fully saturated rings. The summed E-state index contributed by atoms with van der Waals surface area (Å²) in [6.07, 6.45) is 0. The Kier molecular flexibility index (Phi) is 5.41. The highest BCUT2D eigenvalue weighted by molar-refractivity contribution is 7.98. The number of rotatable bonds is 4. The van der Waals surface area contributed by atoms with Gasteiger partial charge >= 0.3 is 5.97 Å². The summed E-state index contributed by atoms with van der Waals surface area (Å²) in [7, 11) is 1.36. The van der Waals surface area contributed by atoms with Crippen LogP contribution in [0.2, 0.25) is 0 Å². The number of aromatic nitrogens is 1. The van der Waals surface area contributed by atoms with Gasteiger partial charge in [-0.1, -0.05) is 12.1 Å². The van der Waals surface area contributed by atoms with Crippen molar-refractivity contribution in [1.82, 2.24) is 4.98 Å². The number of nitriles is 1. The van der Waals surface area contributed by atoms with Crippen molar-refractivity contribution in [3.8, 4) is 6.07 Å². The number of carbonyl (C=O) groups excluding carboxylic acids is 1. The number of hydrogen-bond acceptors (Lipinski definition) is 5. The summed E-state index contributed by atoms with van der Waals surface area (Å²) in [6.45, 7) is 5.90. The first-order valence-electron chi connectivity index (χ1n) is 7.16. The van der Waals surface area contributed by atoms with Crippen molar-refractivity contribution in [3.05, 3.63) is 57.8 Å². The third kappa shape index (κ3) is 3.72. The third-order valence-electron chi connectivity index (χ3n) is 3.83. The summed E-state index contributed by atoms with van der Waals surface area (Å²) in [4.78, 5) is 16.0. The lowest BCUT2D eigenvalue weighted by Crippen LogP contribution is -2.01. The van der Waals surface area contributed by atoms with Gasteiger partial charge in [-0.2, -0.15) is 5.26 Å². The van der Waals surface area contributed by atoms with Crippen molar-refractivity contribution in [2.45, 2.75) is 31.6 Å². The standard InChI is InChI=1S/C18H18N2O2S/c1-11-12(2)16(9-19)17(20-13(11)3)23-10-14-5-7-15(8-6-14)18(21)22-4/h5-8H,10H2,1-4H3. The predicted molar refractivity (Wildman–Crippen MR) is 90.5 cm³/mol. The molecule has 0 aliphatic rings. The molecule has 0 aliphatic heterocycles. The fraction of sp³-hybridized carbons (Fsp3) is 0.278. The van der Waals surface area contributed by atoms with E-state index in [1.807, 2.05) is 32.9 Å². The van der Waals surface area contributed by atoms with Crippen molar-refractivity contribution in [2.75, 3.05) is 7.11 Å². The molecule has 0 unspecified atom stereocenters. The zero-order chi connectivity index (χ0) is 17.0. The second kappa shape index (κ2) is 7.30. The number of esters is 1. The van der Waals surface area contributed by atoms with Crippen molar-refractivity contribution in [3.63, 3.8) is 0 Å².